The van der Waals surface area contributed by atoms with Gasteiger partial charge in [0.25, 0.3) is 5.91 Å². The second-order valence-corrected chi connectivity index (χ2v) is 9.54. The highest BCUT2D eigenvalue weighted by molar-refractivity contribution is 5.95. The Bertz CT molecular complexity index is 1440. The number of rotatable bonds is 5. The number of carbonyl (C=O) groups is 1. The van der Waals surface area contributed by atoms with Crippen molar-refractivity contribution in [1.29, 1.82) is 0 Å². The molecule has 0 spiro atoms. The lowest BCUT2D eigenvalue weighted by Gasteiger charge is -2.39. The third kappa shape index (κ3) is 4.61. The first-order valence-electron chi connectivity index (χ1n) is 12.8. The van der Waals surface area contributed by atoms with Crippen molar-refractivity contribution in [3.63, 3.8) is 0 Å². The molecule has 3 heterocycles. The zero-order valence-corrected chi connectivity index (χ0v) is 20.9. The van der Waals surface area contributed by atoms with Crippen molar-refractivity contribution >= 4 is 11.6 Å². The number of hydrogen-bond acceptors (Lipinski definition) is 5. The molecule has 1 atom stereocenters. The fourth-order valence-corrected chi connectivity index (χ4v) is 5.25. The summed E-state index contributed by atoms with van der Waals surface area (Å²) in [5, 5.41) is 3.23. The molecule has 1 saturated heterocycles. The van der Waals surface area contributed by atoms with Crippen LogP contribution in [0.4, 0.5) is 10.1 Å². The average molecular weight is 510 g/mol. The van der Waals surface area contributed by atoms with Crippen LogP contribution >= 0.6 is 0 Å². The highest BCUT2D eigenvalue weighted by Gasteiger charge is 2.42. The van der Waals surface area contributed by atoms with Crippen LogP contribution in [0, 0.1) is 5.82 Å². The molecule has 6 rings (SSSR count). The van der Waals surface area contributed by atoms with Crippen molar-refractivity contribution in [2.45, 2.75) is 12.0 Å². The molecule has 38 heavy (non-hydrogen) atoms. The lowest BCUT2D eigenvalue weighted by Crippen LogP contribution is -2.50. The standard InChI is InChI=1S/C31H28FN3O3/c32-26-12-8-23(9-13-26)30(36)34-31(14-18-38-28-5-2-15-33-29(28)31)25-10-6-22(7-11-25)24-3-1-4-27(21-24)35-16-19-37-20-17-35/h1-13,15,21H,14,16-20H2,(H,34,36)/t31-/m0/s1. The molecule has 0 saturated carbocycles. The second kappa shape index (κ2) is 10.3. The van der Waals surface area contributed by atoms with Gasteiger partial charge in [-0.15, -0.1) is 0 Å². The first kappa shape index (κ1) is 24.1. The Morgan fingerprint density at radius 2 is 1.68 bits per heavy atom. The van der Waals surface area contributed by atoms with Gasteiger partial charge in [-0.05, 0) is 65.2 Å². The number of aromatic nitrogens is 1. The van der Waals surface area contributed by atoms with Crippen LogP contribution < -0.4 is 15.0 Å². The molecule has 0 bridgehead atoms. The Kier molecular flexibility index (Phi) is 6.52. The number of amides is 1. The summed E-state index contributed by atoms with van der Waals surface area (Å²) in [4.78, 5) is 20.4. The predicted molar refractivity (Wildman–Crippen MR) is 144 cm³/mol. The van der Waals surface area contributed by atoms with Crippen molar-refractivity contribution in [3.8, 4) is 16.9 Å². The van der Waals surface area contributed by atoms with E-state index in [1.807, 2.05) is 24.3 Å². The van der Waals surface area contributed by atoms with Crippen LogP contribution in [-0.2, 0) is 10.3 Å². The molecule has 4 aromatic rings. The topological polar surface area (TPSA) is 63.7 Å². The second-order valence-electron chi connectivity index (χ2n) is 9.54. The SMILES string of the molecule is O=C(N[C@]1(c2ccc(-c3cccc(N4CCOCC4)c3)cc2)CCOc2cccnc21)c1ccc(F)cc1. The number of nitrogens with one attached hydrogen (secondary N) is 1. The molecule has 192 valence electrons. The van der Waals surface area contributed by atoms with E-state index in [0.717, 1.165) is 43.0 Å². The first-order valence-corrected chi connectivity index (χ1v) is 12.8. The number of carbonyl (C=O) groups excluding carboxylic acids is 1. The van der Waals surface area contributed by atoms with Crippen LogP contribution in [0.2, 0.25) is 0 Å². The number of halogens is 1. The van der Waals surface area contributed by atoms with Gasteiger partial charge in [-0.3, -0.25) is 9.78 Å². The number of anilines is 1. The van der Waals surface area contributed by atoms with Crippen molar-refractivity contribution in [3.05, 3.63) is 114 Å². The molecule has 3 aromatic carbocycles. The van der Waals surface area contributed by atoms with Crippen LogP contribution in [0.5, 0.6) is 5.75 Å². The molecule has 1 amide bonds. The number of hydrogen-bond donors (Lipinski definition) is 1. The summed E-state index contributed by atoms with van der Waals surface area (Å²) in [6.45, 7) is 3.67. The van der Waals surface area contributed by atoms with E-state index in [4.69, 9.17) is 9.47 Å². The Balaban J connectivity index is 1.36. The van der Waals surface area contributed by atoms with E-state index in [1.165, 1.54) is 30.0 Å². The Morgan fingerprint density at radius 1 is 0.895 bits per heavy atom. The largest absolute Gasteiger partial charge is 0.491 e. The monoisotopic (exact) mass is 509 g/mol. The van der Waals surface area contributed by atoms with Gasteiger partial charge in [0.05, 0.1) is 19.8 Å². The zero-order valence-electron chi connectivity index (χ0n) is 20.9. The lowest BCUT2D eigenvalue weighted by atomic mass is 9.80. The van der Waals surface area contributed by atoms with Gasteiger partial charge in [0, 0.05) is 37.0 Å². The van der Waals surface area contributed by atoms with Crippen LogP contribution in [0.15, 0.2) is 91.1 Å². The molecule has 0 unspecified atom stereocenters. The molecule has 6 nitrogen and oxygen atoms in total. The molecule has 1 aromatic heterocycles. The number of pyridine rings is 1. The minimum Gasteiger partial charge on any atom is -0.491 e. The molecule has 1 fully saturated rings. The van der Waals surface area contributed by atoms with Crippen LogP contribution in [-0.4, -0.2) is 43.8 Å². The van der Waals surface area contributed by atoms with Crippen LogP contribution in [0.1, 0.15) is 28.0 Å². The van der Waals surface area contributed by atoms with Crippen molar-refractivity contribution in [2.75, 3.05) is 37.8 Å². The van der Waals surface area contributed by atoms with Gasteiger partial charge < -0.3 is 19.7 Å². The number of nitrogens with zero attached hydrogens (tertiary/aromatic N) is 2. The molecule has 0 radical (unpaired) electrons. The molecule has 2 aliphatic heterocycles. The normalized spacial score (nSPS) is 18.8. The highest BCUT2D eigenvalue weighted by Crippen LogP contribution is 2.41. The van der Waals surface area contributed by atoms with Crippen molar-refractivity contribution < 1.29 is 18.7 Å². The number of ether oxygens (including phenoxy) is 2. The average Bonchev–Trinajstić information content (AvgIpc) is 2.98. The van der Waals surface area contributed by atoms with Gasteiger partial charge in [-0.2, -0.15) is 0 Å². The summed E-state index contributed by atoms with van der Waals surface area (Å²) in [6.07, 6.45) is 2.22. The third-order valence-corrected chi connectivity index (χ3v) is 7.28. The maximum atomic E-state index is 13.5. The maximum absolute atomic E-state index is 13.5. The summed E-state index contributed by atoms with van der Waals surface area (Å²) >= 11 is 0. The smallest absolute Gasteiger partial charge is 0.252 e. The van der Waals surface area contributed by atoms with E-state index < -0.39 is 5.54 Å². The summed E-state index contributed by atoms with van der Waals surface area (Å²) in [6, 6.07) is 26.0. The van der Waals surface area contributed by atoms with Gasteiger partial charge in [-0.1, -0.05) is 36.4 Å². The maximum Gasteiger partial charge on any atom is 0.252 e. The molecule has 1 N–H and O–H groups in total. The molecule has 7 heteroatoms. The Labute approximate surface area is 221 Å². The van der Waals surface area contributed by atoms with Gasteiger partial charge in [0.15, 0.2) is 0 Å². The van der Waals surface area contributed by atoms with E-state index >= 15 is 0 Å². The van der Waals surface area contributed by atoms with Crippen LogP contribution in [0.25, 0.3) is 11.1 Å². The summed E-state index contributed by atoms with van der Waals surface area (Å²) < 4.78 is 24.9. The highest BCUT2D eigenvalue weighted by atomic mass is 19.1. The molecule has 0 aliphatic carbocycles. The van der Waals surface area contributed by atoms with Gasteiger partial charge in [-0.25, -0.2) is 4.39 Å². The van der Waals surface area contributed by atoms with E-state index in [9.17, 15) is 9.18 Å². The van der Waals surface area contributed by atoms with E-state index in [0.29, 0.717) is 30.0 Å². The number of benzene rings is 3. The number of fused-ring (bicyclic) bond motifs is 1. The van der Waals surface area contributed by atoms with Gasteiger partial charge in [0.2, 0.25) is 0 Å². The summed E-state index contributed by atoms with van der Waals surface area (Å²) in [5.41, 5.74) is 4.43. The lowest BCUT2D eigenvalue weighted by molar-refractivity contribution is 0.0883. The zero-order chi connectivity index (χ0) is 26.0. The van der Waals surface area contributed by atoms with E-state index in [2.05, 4.69) is 51.6 Å². The van der Waals surface area contributed by atoms with E-state index in [1.54, 1.807) is 6.20 Å². The first-order chi connectivity index (χ1) is 18.6. The molecular formula is C31H28FN3O3. The fourth-order valence-electron chi connectivity index (χ4n) is 5.25. The quantitative estimate of drug-likeness (QED) is 0.402. The Morgan fingerprint density at radius 3 is 2.47 bits per heavy atom. The minimum atomic E-state index is -0.894. The van der Waals surface area contributed by atoms with E-state index in [-0.39, 0.29) is 11.7 Å². The molecular weight excluding hydrogens is 481 g/mol. The van der Waals surface area contributed by atoms with Crippen molar-refractivity contribution in [1.82, 2.24) is 10.3 Å². The fraction of sp³-hybridized carbons (Fsp3) is 0.226. The van der Waals surface area contributed by atoms with Crippen LogP contribution in [0.3, 0.4) is 0 Å². The third-order valence-electron chi connectivity index (χ3n) is 7.28. The predicted octanol–water partition coefficient (Wildman–Crippen LogP) is 5.18. The van der Waals surface area contributed by atoms with Gasteiger partial charge in [0.1, 0.15) is 22.8 Å². The Hall–Kier alpha value is -4.23. The minimum absolute atomic E-state index is 0.300. The number of morpholine rings is 1. The van der Waals surface area contributed by atoms with Gasteiger partial charge >= 0.3 is 0 Å². The summed E-state index contributed by atoms with van der Waals surface area (Å²) in [7, 11) is 0. The summed E-state index contributed by atoms with van der Waals surface area (Å²) in [5.74, 6) is -0.0474. The molecule has 2 aliphatic rings. The van der Waals surface area contributed by atoms with Crippen molar-refractivity contribution in [2.24, 2.45) is 0 Å².